The molecule has 1 saturated carbocycles. The molecule has 1 aliphatic carbocycles. The second kappa shape index (κ2) is 9.34. The van der Waals surface area contributed by atoms with Gasteiger partial charge in [-0.25, -0.2) is 9.59 Å². The Hall–Kier alpha value is -2.90. The van der Waals surface area contributed by atoms with Crippen LogP contribution in [0.5, 0.6) is 0 Å². The quantitative estimate of drug-likeness (QED) is 0.753. The van der Waals surface area contributed by atoms with Crippen molar-refractivity contribution in [3.05, 3.63) is 29.8 Å². The van der Waals surface area contributed by atoms with Gasteiger partial charge in [0.1, 0.15) is 0 Å². The molecule has 2 aliphatic rings. The molecule has 8 nitrogen and oxygen atoms in total. The first-order valence-electron chi connectivity index (χ1n) is 9.71. The predicted octanol–water partition coefficient (Wildman–Crippen LogP) is 2.13. The van der Waals surface area contributed by atoms with Crippen LogP contribution in [0.2, 0.25) is 0 Å². The van der Waals surface area contributed by atoms with E-state index in [9.17, 15) is 19.2 Å². The number of nitrogens with one attached hydrogen (secondary N) is 2. The molecule has 0 atom stereocenters. The molecule has 3 rings (SSSR count). The van der Waals surface area contributed by atoms with Crippen molar-refractivity contribution >= 4 is 29.5 Å². The molecule has 2 fully saturated rings. The van der Waals surface area contributed by atoms with Gasteiger partial charge in [-0.2, -0.15) is 0 Å². The zero-order valence-corrected chi connectivity index (χ0v) is 15.7. The van der Waals surface area contributed by atoms with E-state index in [1.165, 1.54) is 6.42 Å². The molecule has 1 aliphatic heterocycles. The Bertz CT molecular complexity index is 758. The summed E-state index contributed by atoms with van der Waals surface area (Å²) in [5, 5.41) is 4.94. The van der Waals surface area contributed by atoms with Gasteiger partial charge in [0.05, 0.1) is 5.56 Å². The van der Waals surface area contributed by atoms with Crippen molar-refractivity contribution in [1.29, 1.82) is 0 Å². The molecular formula is C20H25N3O5. The topological polar surface area (TPSA) is 105 Å². The molecule has 1 aromatic carbocycles. The first-order chi connectivity index (χ1) is 13.5. The third kappa shape index (κ3) is 5.31. The lowest BCUT2D eigenvalue weighted by atomic mass is 9.96. The first kappa shape index (κ1) is 19.9. The molecule has 150 valence electrons. The second-order valence-electron chi connectivity index (χ2n) is 7.13. The van der Waals surface area contributed by atoms with Crippen LogP contribution >= 0.6 is 0 Å². The fourth-order valence-corrected chi connectivity index (χ4v) is 3.57. The highest BCUT2D eigenvalue weighted by molar-refractivity contribution is 5.99. The average Bonchev–Trinajstić information content (AvgIpc) is 3.13. The lowest BCUT2D eigenvalue weighted by Gasteiger charge is -2.22. The van der Waals surface area contributed by atoms with E-state index in [4.69, 9.17) is 4.74 Å². The first-order valence-corrected chi connectivity index (χ1v) is 9.71. The van der Waals surface area contributed by atoms with E-state index in [-0.39, 0.29) is 17.5 Å². The van der Waals surface area contributed by atoms with Crippen molar-refractivity contribution in [2.45, 2.75) is 51.0 Å². The van der Waals surface area contributed by atoms with Gasteiger partial charge in [-0.1, -0.05) is 25.3 Å². The summed E-state index contributed by atoms with van der Waals surface area (Å²) in [5.74, 6) is -1.35. The molecule has 0 aromatic heterocycles. The number of hydrogen-bond donors (Lipinski definition) is 2. The Morgan fingerprint density at radius 3 is 2.61 bits per heavy atom. The SMILES string of the molecule is O=C(COC(=O)c1cccc(N2CCCC2=O)c1)NC(=O)NC1CCCCC1. The van der Waals surface area contributed by atoms with E-state index in [1.54, 1.807) is 29.2 Å². The Morgan fingerprint density at radius 1 is 1.11 bits per heavy atom. The van der Waals surface area contributed by atoms with Gasteiger partial charge >= 0.3 is 12.0 Å². The minimum absolute atomic E-state index is 0.0221. The summed E-state index contributed by atoms with van der Waals surface area (Å²) in [6.45, 7) is 0.0691. The summed E-state index contributed by atoms with van der Waals surface area (Å²) in [5.41, 5.74) is 0.880. The number of imide groups is 1. The molecular weight excluding hydrogens is 362 g/mol. The van der Waals surface area contributed by atoms with Crippen LogP contribution in [0.3, 0.4) is 0 Å². The maximum absolute atomic E-state index is 12.2. The largest absolute Gasteiger partial charge is 0.452 e. The zero-order valence-electron chi connectivity index (χ0n) is 15.7. The van der Waals surface area contributed by atoms with Gasteiger partial charge < -0.3 is 15.0 Å². The van der Waals surface area contributed by atoms with Crippen molar-refractivity contribution in [1.82, 2.24) is 10.6 Å². The van der Waals surface area contributed by atoms with Crippen LogP contribution in [0, 0.1) is 0 Å². The summed E-state index contributed by atoms with van der Waals surface area (Å²) in [6, 6.07) is 6.05. The minimum Gasteiger partial charge on any atom is -0.452 e. The smallest absolute Gasteiger partial charge is 0.338 e. The fraction of sp³-hybridized carbons (Fsp3) is 0.500. The zero-order chi connectivity index (χ0) is 19.9. The predicted molar refractivity (Wildman–Crippen MR) is 102 cm³/mol. The van der Waals surface area contributed by atoms with Crippen LogP contribution in [0.25, 0.3) is 0 Å². The number of benzene rings is 1. The van der Waals surface area contributed by atoms with Crippen molar-refractivity contribution in [3.8, 4) is 0 Å². The van der Waals surface area contributed by atoms with Gasteiger partial charge in [0.25, 0.3) is 5.91 Å². The molecule has 1 aromatic rings. The molecule has 0 spiro atoms. The van der Waals surface area contributed by atoms with Crippen LogP contribution in [0.15, 0.2) is 24.3 Å². The van der Waals surface area contributed by atoms with E-state index in [0.29, 0.717) is 18.7 Å². The third-order valence-electron chi connectivity index (χ3n) is 4.99. The number of rotatable bonds is 5. The van der Waals surface area contributed by atoms with Crippen LogP contribution < -0.4 is 15.5 Å². The number of urea groups is 1. The van der Waals surface area contributed by atoms with Crippen molar-refractivity contribution in [2.75, 3.05) is 18.1 Å². The van der Waals surface area contributed by atoms with Crippen LogP contribution in [-0.4, -0.2) is 43.0 Å². The standard InChI is InChI=1S/C20H25N3O5/c24-17(22-20(27)21-15-7-2-1-3-8-15)13-28-19(26)14-6-4-9-16(12-14)23-11-5-10-18(23)25/h4,6,9,12,15H,1-3,5,7-8,10-11,13H2,(H2,21,22,24,27). The highest BCUT2D eigenvalue weighted by atomic mass is 16.5. The Kier molecular flexibility index (Phi) is 6.62. The van der Waals surface area contributed by atoms with Gasteiger partial charge in [0, 0.05) is 24.7 Å². The number of carbonyl (C=O) groups is 4. The molecule has 2 N–H and O–H groups in total. The lowest BCUT2D eigenvalue weighted by molar-refractivity contribution is -0.123. The van der Waals surface area contributed by atoms with Gasteiger partial charge in [0.2, 0.25) is 5.91 Å². The Labute approximate surface area is 163 Å². The summed E-state index contributed by atoms with van der Waals surface area (Å²) in [4.78, 5) is 49.3. The van der Waals surface area contributed by atoms with Crippen LogP contribution in [-0.2, 0) is 14.3 Å². The van der Waals surface area contributed by atoms with Crippen molar-refractivity contribution in [3.63, 3.8) is 0 Å². The van der Waals surface area contributed by atoms with Crippen molar-refractivity contribution in [2.24, 2.45) is 0 Å². The lowest BCUT2D eigenvalue weighted by Crippen LogP contribution is -2.46. The number of nitrogens with zero attached hydrogens (tertiary/aromatic N) is 1. The summed E-state index contributed by atoms with van der Waals surface area (Å²) in [7, 11) is 0. The number of carbonyl (C=O) groups excluding carboxylic acids is 4. The minimum atomic E-state index is -0.687. The summed E-state index contributed by atoms with van der Waals surface area (Å²) in [6.07, 6.45) is 6.41. The van der Waals surface area contributed by atoms with Gasteiger partial charge in [0.15, 0.2) is 6.61 Å². The van der Waals surface area contributed by atoms with E-state index >= 15 is 0 Å². The summed E-state index contributed by atoms with van der Waals surface area (Å²) < 4.78 is 4.99. The number of hydrogen-bond acceptors (Lipinski definition) is 5. The summed E-state index contributed by atoms with van der Waals surface area (Å²) >= 11 is 0. The van der Waals surface area contributed by atoms with Crippen LogP contribution in [0.1, 0.15) is 55.3 Å². The highest BCUT2D eigenvalue weighted by Gasteiger charge is 2.23. The molecule has 1 saturated heterocycles. The number of ether oxygens (including phenoxy) is 1. The van der Waals surface area contributed by atoms with Crippen molar-refractivity contribution < 1.29 is 23.9 Å². The maximum Gasteiger partial charge on any atom is 0.338 e. The monoisotopic (exact) mass is 387 g/mol. The Balaban J connectivity index is 1.46. The van der Waals surface area contributed by atoms with E-state index in [0.717, 1.165) is 32.1 Å². The van der Waals surface area contributed by atoms with Gasteiger partial charge in [-0.15, -0.1) is 0 Å². The molecule has 0 radical (unpaired) electrons. The number of anilines is 1. The Morgan fingerprint density at radius 2 is 1.89 bits per heavy atom. The van der Waals surface area contributed by atoms with E-state index in [2.05, 4.69) is 10.6 Å². The molecule has 0 unspecified atom stereocenters. The third-order valence-corrected chi connectivity index (χ3v) is 4.99. The van der Waals surface area contributed by atoms with Crippen LogP contribution in [0.4, 0.5) is 10.5 Å². The highest BCUT2D eigenvalue weighted by Crippen LogP contribution is 2.22. The number of esters is 1. The maximum atomic E-state index is 12.2. The van der Waals surface area contributed by atoms with E-state index < -0.39 is 24.5 Å². The van der Waals surface area contributed by atoms with Gasteiger partial charge in [-0.05, 0) is 37.5 Å². The average molecular weight is 387 g/mol. The molecule has 28 heavy (non-hydrogen) atoms. The van der Waals surface area contributed by atoms with Gasteiger partial charge in [-0.3, -0.25) is 14.9 Å². The normalized spacial score (nSPS) is 17.3. The molecule has 8 heteroatoms. The van der Waals surface area contributed by atoms with E-state index in [1.807, 2.05) is 0 Å². The molecule has 4 amide bonds. The fourth-order valence-electron chi connectivity index (χ4n) is 3.57. The number of amides is 4. The second-order valence-corrected chi connectivity index (χ2v) is 7.13. The molecule has 1 heterocycles. The molecule has 0 bridgehead atoms.